The maximum Gasteiger partial charge on any atom is -0.0167 e. The molecule has 0 bridgehead atoms. The number of benzene rings is 2. The molecule has 0 N–H and O–H groups in total. The third kappa shape index (κ3) is 2.04. The highest BCUT2D eigenvalue weighted by Crippen LogP contribution is 2.26. The highest BCUT2D eigenvalue weighted by molar-refractivity contribution is 5.83. The molecule has 0 fully saturated rings. The second kappa shape index (κ2) is 4.06. The summed E-state index contributed by atoms with van der Waals surface area (Å²) >= 11 is 0. The molecule has 0 aliphatic carbocycles. The molecule has 2 rings (SSSR count). The first kappa shape index (κ1) is 10.2. The second-order valence-corrected chi connectivity index (χ2v) is 4.64. The van der Waals surface area contributed by atoms with Gasteiger partial charge in [0, 0.05) is 0 Å². The van der Waals surface area contributed by atoms with Crippen LogP contribution in [0.4, 0.5) is 0 Å². The summed E-state index contributed by atoms with van der Waals surface area (Å²) in [6, 6.07) is 15.3. The van der Waals surface area contributed by atoms with Crippen molar-refractivity contribution in [1.82, 2.24) is 0 Å². The van der Waals surface area contributed by atoms with E-state index in [-0.39, 0.29) is 0 Å². The Kier molecular flexibility index (Phi) is 2.77. The molecule has 1 unspecified atom stereocenters. The van der Waals surface area contributed by atoms with E-state index in [1.807, 2.05) is 0 Å². The van der Waals surface area contributed by atoms with Crippen molar-refractivity contribution >= 4 is 10.8 Å². The summed E-state index contributed by atoms with van der Waals surface area (Å²) in [4.78, 5) is 0. The largest absolute Gasteiger partial charge is 0.0622 e. The molecule has 78 valence electrons. The van der Waals surface area contributed by atoms with Crippen molar-refractivity contribution < 1.29 is 0 Å². The monoisotopic (exact) mass is 198 g/mol. The molecule has 0 heterocycles. The van der Waals surface area contributed by atoms with E-state index in [0.29, 0.717) is 11.8 Å². The lowest BCUT2D eigenvalue weighted by molar-refractivity contribution is 0.535. The van der Waals surface area contributed by atoms with Crippen LogP contribution in [0.1, 0.15) is 32.3 Å². The molecule has 0 saturated heterocycles. The quantitative estimate of drug-likeness (QED) is 0.661. The molecule has 2 aromatic carbocycles. The average molecular weight is 198 g/mol. The lowest BCUT2D eigenvalue weighted by atomic mass is 9.89. The van der Waals surface area contributed by atoms with E-state index in [2.05, 4.69) is 63.2 Å². The summed E-state index contributed by atoms with van der Waals surface area (Å²) in [5, 5.41) is 2.68. The summed E-state index contributed by atoms with van der Waals surface area (Å²) in [5.41, 5.74) is 1.45. The Labute approximate surface area is 91.9 Å². The molecule has 0 nitrogen and oxygen atoms in total. The fraction of sp³-hybridized carbons (Fsp3) is 0.333. The molecule has 2 aromatic rings. The SMILES string of the molecule is CC(C)C(C)c1ccc2ccccc2c1. The molecule has 0 radical (unpaired) electrons. The van der Waals surface area contributed by atoms with Crippen LogP contribution in [0.3, 0.4) is 0 Å². The van der Waals surface area contributed by atoms with Gasteiger partial charge in [-0.05, 0) is 28.2 Å². The fourth-order valence-corrected chi connectivity index (χ4v) is 1.88. The van der Waals surface area contributed by atoms with Gasteiger partial charge in [-0.15, -0.1) is 0 Å². The van der Waals surface area contributed by atoms with Crippen LogP contribution in [0.5, 0.6) is 0 Å². The molecule has 0 aromatic heterocycles. The zero-order valence-electron chi connectivity index (χ0n) is 9.70. The molecule has 15 heavy (non-hydrogen) atoms. The van der Waals surface area contributed by atoms with Gasteiger partial charge in [0.1, 0.15) is 0 Å². The van der Waals surface area contributed by atoms with Crippen LogP contribution in [-0.4, -0.2) is 0 Å². The minimum Gasteiger partial charge on any atom is -0.0622 e. The Bertz CT molecular complexity index is 454. The highest BCUT2D eigenvalue weighted by Gasteiger charge is 2.09. The fourth-order valence-electron chi connectivity index (χ4n) is 1.88. The van der Waals surface area contributed by atoms with E-state index in [4.69, 9.17) is 0 Å². The van der Waals surface area contributed by atoms with Crippen LogP contribution in [0.25, 0.3) is 10.8 Å². The summed E-state index contributed by atoms with van der Waals surface area (Å²) in [5.74, 6) is 1.33. The van der Waals surface area contributed by atoms with E-state index in [0.717, 1.165) is 0 Å². The summed E-state index contributed by atoms with van der Waals surface area (Å²) in [6.07, 6.45) is 0. The lowest BCUT2D eigenvalue weighted by Gasteiger charge is -2.16. The van der Waals surface area contributed by atoms with E-state index in [9.17, 15) is 0 Å². The van der Waals surface area contributed by atoms with Crippen LogP contribution < -0.4 is 0 Å². The Balaban J connectivity index is 2.47. The third-order valence-electron chi connectivity index (χ3n) is 3.30. The van der Waals surface area contributed by atoms with Gasteiger partial charge in [-0.1, -0.05) is 63.2 Å². The van der Waals surface area contributed by atoms with E-state index in [1.165, 1.54) is 16.3 Å². The minimum atomic E-state index is 0.634. The van der Waals surface area contributed by atoms with Gasteiger partial charge in [-0.2, -0.15) is 0 Å². The molecule has 0 spiro atoms. The van der Waals surface area contributed by atoms with Crippen molar-refractivity contribution in [2.75, 3.05) is 0 Å². The van der Waals surface area contributed by atoms with Gasteiger partial charge in [0.15, 0.2) is 0 Å². The molecular formula is C15H18. The van der Waals surface area contributed by atoms with Gasteiger partial charge in [0.05, 0.1) is 0 Å². The predicted molar refractivity (Wildman–Crippen MR) is 67.2 cm³/mol. The smallest absolute Gasteiger partial charge is 0.0167 e. The molecule has 0 saturated carbocycles. The Morgan fingerprint density at radius 3 is 2.13 bits per heavy atom. The van der Waals surface area contributed by atoms with Crippen molar-refractivity contribution in [2.45, 2.75) is 26.7 Å². The number of rotatable bonds is 2. The standard InChI is InChI=1S/C15H18/c1-11(2)12(3)14-9-8-13-6-4-5-7-15(13)10-14/h4-12H,1-3H3. The van der Waals surface area contributed by atoms with E-state index in [1.54, 1.807) is 0 Å². The summed E-state index contributed by atoms with van der Waals surface area (Å²) in [6.45, 7) is 6.86. The Morgan fingerprint density at radius 2 is 1.47 bits per heavy atom. The minimum absolute atomic E-state index is 0.634. The van der Waals surface area contributed by atoms with Gasteiger partial charge in [-0.25, -0.2) is 0 Å². The third-order valence-corrected chi connectivity index (χ3v) is 3.30. The maximum absolute atomic E-state index is 2.32. The van der Waals surface area contributed by atoms with Gasteiger partial charge < -0.3 is 0 Å². The number of hydrogen-bond donors (Lipinski definition) is 0. The molecule has 0 aliphatic rings. The second-order valence-electron chi connectivity index (χ2n) is 4.64. The predicted octanol–water partition coefficient (Wildman–Crippen LogP) is 4.60. The van der Waals surface area contributed by atoms with Crippen LogP contribution in [-0.2, 0) is 0 Å². The van der Waals surface area contributed by atoms with Crippen molar-refractivity contribution in [3.05, 3.63) is 48.0 Å². The summed E-state index contributed by atoms with van der Waals surface area (Å²) in [7, 11) is 0. The molecular weight excluding hydrogens is 180 g/mol. The molecule has 1 atom stereocenters. The van der Waals surface area contributed by atoms with Crippen molar-refractivity contribution in [3.63, 3.8) is 0 Å². The Morgan fingerprint density at radius 1 is 0.800 bits per heavy atom. The molecule has 0 aliphatic heterocycles. The van der Waals surface area contributed by atoms with Crippen molar-refractivity contribution in [1.29, 1.82) is 0 Å². The average Bonchev–Trinajstić information content (AvgIpc) is 2.27. The Hall–Kier alpha value is -1.30. The first-order valence-corrected chi connectivity index (χ1v) is 5.67. The first-order valence-electron chi connectivity index (χ1n) is 5.67. The molecule has 0 heteroatoms. The van der Waals surface area contributed by atoms with Gasteiger partial charge in [0.25, 0.3) is 0 Å². The van der Waals surface area contributed by atoms with Crippen LogP contribution in [0, 0.1) is 5.92 Å². The first-order chi connectivity index (χ1) is 7.18. The maximum atomic E-state index is 2.32. The zero-order chi connectivity index (χ0) is 10.8. The van der Waals surface area contributed by atoms with Gasteiger partial charge in [-0.3, -0.25) is 0 Å². The lowest BCUT2D eigenvalue weighted by Crippen LogP contribution is -2.01. The molecule has 0 amide bonds. The van der Waals surface area contributed by atoms with Crippen LogP contribution in [0.15, 0.2) is 42.5 Å². The number of hydrogen-bond acceptors (Lipinski definition) is 0. The van der Waals surface area contributed by atoms with Crippen molar-refractivity contribution in [3.8, 4) is 0 Å². The van der Waals surface area contributed by atoms with E-state index >= 15 is 0 Å². The van der Waals surface area contributed by atoms with Gasteiger partial charge >= 0.3 is 0 Å². The topological polar surface area (TPSA) is 0 Å². The summed E-state index contributed by atoms with van der Waals surface area (Å²) < 4.78 is 0. The zero-order valence-corrected chi connectivity index (χ0v) is 9.70. The van der Waals surface area contributed by atoms with Gasteiger partial charge in [0.2, 0.25) is 0 Å². The normalized spacial score (nSPS) is 13.3. The van der Waals surface area contributed by atoms with E-state index < -0.39 is 0 Å². The van der Waals surface area contributed by atoms with Crippen LogP contribution >= 0.6 is 0 Å². The highest BCUT2D eigenvalue weighted by atomic mass is 14.1. The van der Waals surface area contributed by atoms with Crippen molar-refractivity contribution in [2.24, 2.45) is 5.92 Å². The van der Waals surface area contributed by atoms with Crippen LogP contribution in [0.2, 0.25) is 0 Å². The number of fused-ring (bicyclic) bond motifs is 1.